The molecule has 0 saturated carbocycles. The molecule has 2 aromatic carbocycles. The van der Waals surface area contributed by atoms with E-state index in [0.29, 0.717) is 15.1 Å². The Hall–Kier alpha value is -2.34. The second-order valence-corrected chi connectivity index (χ2v) is 8.97. The average molecular weight is 425 g/mol. The maximum atomic E-state index is 12.6. The number of likely N-dealkylation sites (N-methyl/N-ethyl adjacent to an activating group) is 1. The molecule has 1 aliphatic heterocycles. The molecule has 3 aromatic rings. The maximum Gasteiger partial charge on any atom is 0.266 e. The van der Waals surface area contributed by atoms with E-state index in [1.807, 2.05) is 18.2 Å². The predicted octanol–water partition coefficient (Wildman–Crippen LogP) is 6.61. The molecule has 0 unspecified atom stereocenters. The molecule has 3 nitrogen and oxygen atoms in total. The lowest BCUT2D eigenvalue weighted by Crippen LogP contribution is -2.23. The first-order valence-electron chi connectivity index (χ1n) is 8.68. The van der Waals surface area contributed by atoms with Gasteiger partial charge in [0.15, 0.2) is 5.17 Å². The van der Waals surface area contributed by atoms with Crippen LogP contribution in [0.4, 0.5) is 5.69 Å². The Morgan fingerprint density at radius 2 is 1.71 bits per heavy atom. The van der Waals surface area contributed by atoms with E-state index in [-0.39, 0.29) is 5.91 Å². The van der Waals surface area contributed by atoms with Crippen LogP contribution in [0.15, 0.2) is 70.6 Å². The highest BCUT2D eigenvalue weighted by Gasteiger charge is 2.30. The van der Waals surface area contributed by atoms with Crippen LogP contribution in [0.1, 0.15) is 10.4 Å². The molecule has 0 N–H and O–H groups in total. The van der Waals surface area contributed by atoms with Crippen LogP contribution in [0.25, 0.3) is 16.5 Å². The fraction of sp³-hybridized carbons (Fsp3) is 0.0909. The Bertz CT molecular complexity index is 1080. The minimum Gasteiger partial charge on any atom is -0.290 e. The van der Waals surface area contributed by atoms with Gasteiger partial charge in [0.05, 0.1) is 10.6 Å². The monoisotopic (exact) mass is 424 g/mol. The summed E-state index contributed by atoms with van der Waals surface area (Å²) in [5.41, 5.74) is 3.20. The van der Waals surface area contributed by atoms with Gasteiger partial charge in [-0.05, 0) is 66.7 Å². The number of benzene rings is 2. The average Bonchev–Trinajstić information content (AvgIpc) is 3.25. The Labute approximate surface area is 177 Å². The number of nitrogens with zero attached hydrogens (tertiary/aromatic N) is 2. The van der Waals surface area contributed by atoms with Gasteiger partial charge >= 0.3 is 0 Å². The summed E-state index contributed by atoms with van der Waals surface area (Å²) in [6, 6.07) is 19.9. The van der Waals surface area contributed by atoms with Crippen LogP contribution in [0.2, 0.25) is 5.02 Å². The van der Waals surface area contributed by atoms with Crippen molar-refractivity contribution < 1.29 is 4.79 Å². The summed E-state index contributed by atoms with van der Waals surface area (Å²) in [7, 11) is 1.75. The number of carbonyl (C=O) groups excluding carboxylic acids is 1. The lowest BCUT2D eigenvalue weighted by Gasteiger charge is -2.06. The van der Waals surface area contributed by atoms with Crippen LogP contribution in [0.5, 0.6) is 0 Å². The fourth-order valence-electron chi connectivity index (χ4n) is 2.71. The maximum absolute atomic E-state index is 12.6. The quantitative estimate of drug-likeness (QED) is 0.443. The number of rotatable bonds is 3. The van der Waals surface area contributed by atoms with Crippen molar-refractivity contribution in [3.8, 4) is 10.4 Å². The molecular weight excluding hydrogens is 408 g/mol. The molecule has 0 spiro atoms. The van der Waals surface area contributed by atoms with E-state index in [1.165, 1.54) is 27.8 Å². The summed E-state index contributed by atoms with van der Waals surface area (Å²) in [6.07, 6.45) is 1.94. The van der Waals surface area contributed by atoms with Crippen LogP contribution in [0.3, 0.4) is 0 Å². The molecule has 0 bridgehead atoms. The molecule has 6 heteroatoms. The summed E-state index contributed by atoms with van der Waals surface area (Å²) in [6.45, 7) is 2.08. The first kappa shape index (κ1) is 19.0. The standard InChI is InChI=1S/C22H17ClN2OS2/c1-14-3-5-15(6-4-14)19-12-11-18(27-19)13-20-21(26)25(2)22(28-20)24-17-9-7-16(23)8-10-17/h3-13H,1-2H3/b20-13-,24-22?. The van der Waals surface area contributed by atoms with Gasteiger partial charge in [-0.3, -0.25) is 9.69 Å². The Kier molecular flexibility index (Phi) is 5.40. The highest BCUT2D eigenvalue weighted by molar-refractivity contribution is 8.18. The van der Waals surface area contributed by atoms with Crippen LogP contribution < -0.4 is 0 Å². The van der Waals surface area contributed by atoms with Gasteiger partial charge in [-0.15, -0.1) is 11.3 Å². The van der Waals surface area contributed by atoms with E-state index in [9.17, 15) is 4.79 Å². The molecule has 4 rings (SSSR count). The van der Waals surface area contributed by atoms with Crippen molar-refractivity contribution >= 4 is 57.5 Å². The van der Waals surface area contributed by atoms with Crippen LogP contribution in [0, 0.1) is 6.92 Å². The lowest BCUT2D eigenvalue weighted by molar-refractivity contribution is -0.121. The molecule has 0 aliphatic carbocycles. The molecule has 0 atom stereocenters. The fourth-order valence-corrected chi connectivity index (χ4v) is 4.85. The Morgan fingerprint density at radius 3 is 2.43 bits per heavy atom. The van der Waals surface area contributed by atoms with Gasteiger partial charge in [-0.25, -0.2) is 4.99 Å². The number of carbonyl (C=O) groups is 1. The number of aliphatic imine (C=N–C) groups is 1. The summed E-state index contributed by atoms with van der Waals surface area (Å²) in [5, 5.41) is 1.32. The van der Waals surface area contributed by atoms with Crippen molar-refractivity contribution in [1.82, 2.24) is 4.90 Å². The molecule has 0 radical (unpaired) electrons. The van der Waals surface area contributed by atoms with Crippen molar-refractivity contribution in [2.75, 3.05) is 7.05 Å². The number of amidine groups is 1. The third-order valence-electron chi connectivity index (χ3n) is 4.29. The van der Waals surface area contributed by atoms with Crippen molar-refractivity contribution in [1.29, 1.82) is 0 Å². The number of amides is 1. The third-order valence-corrected chi connectivity index (χ3v) is 6.68. The zero-order valence-corrected chi connectivity index (χ0v) is 17.7. The number of hydrogen-bond acceptors (Lipinski definition) is 4. The van der Waals surface area contributed by atoms with E-state index >= 15 is 0 Å². The SMILES string of the molecule is Cc1ccc(-c2ccc(/C=C3\SC(=Nc4ccc(Cl)cc4)N(C)C3=O)s2)cc1. The van der Waals surface area contributed by atoms with Crippen LogP contribution >= 0.6 is 34.7 Å². The van der Waals surface area contributed by atoms with E-state index < -0.39 is 0 Å². The van der Waals surface area contributed by atoms with E-state index in [2.05, 4.69) is 48.3 Å². The van der Waals surface area contributed by atoms with Crippen LogP contribution in [-0.4, -0.2) is 23.0 Å². The molecule has 2 heterocycles. The van der Waals surface area contributed by atoms with E-state index in [1.54, 1.807) is 35.4 Å². The zero-order chi connectivity index (χ0) is 19.7. The van der Waals surface area contributed by atoms with Gasteiger partial charge in [-0.1, -0.05) is 41.4 Å². The largest absolute Gasteiger partial charge is 0.290 e. The summed E-state index contributed by atoms with van der Waals surface area (Å²) in [5.74, 6) is -0.0389. The molecule has 140 valence electrons. The normalized spacial score (nSPS) is 17.1. The molecule has 1 fully saturated rings. The number of hydrogen-bond donors (Lipinski definition) is 0. The smallest absolute Gasteiger partial charge is 0.266 e. The van der Waals surface area contributed by atoms with Crippen molar-refractivity contribution in [3.05, 3.63) is 81.0 Å². The molecule has 1 aliphatic rings. The minimum atomic E-state index is -0.0389. The third kappa shape index (κ3) is 4.07. The Balaban J connectivity index is 1.57. The summed E-state index contributed by atoms with van der Waals surface area (Å²) in [4.78, 5) is 21.7. The second-order valence-electron chi connectivity index (χ2n) is 6.41. The molecular formula is C22H17ClN2OS2. The van der Waals surface area contributed by atoms with E-state index in [0.717, 1.165) is 10.6 Å². The van der Waals surface area contributed by atoms with Crippen LogP contribution in [-0.2, 0) is 4.79 Å². The van der Waals surface area contributed by atoms with Crippen molar-refractivity contribution in [3.63, 3.8) is 0 Å². The topological polar surface area (TPSA) is 32.7 Å². The molecule has 28 heavy (non-hydrogen) atoms. The van der Waals surface area contributed by atoms with Gasteiger partial charge < -0.3 is 0 Å². The minimum absolute atomic E-state index is 0.0389. The first-order valence-corrected chi connectivity index (χ1v) is 10.7. The summed E-state index contributed by atoms with van der Waals surface area (Å²) < 4.78 is 0. The number of aryl methyl sites for hydroxylation is 1. The van der Waals surface area contributed by atoms with E-state index in [4.69, 9.17) is 11.6 Å². The zero-order valence-electron chi connectivity index (χ0n) is 15.3. The molecule has 1 saturated heterocycles. The van der Waals surface area contributed by atoms with Crippen molar-refractivity contribution in [2.24, 2.45) is 4.99 Å². The predicted molar refractivity (Wildman–Crippen MR) is 121 cm³/mol. The number of thiophene rings is 1. The first-order chi connectivity index (χ1) is 13.5. The second kappa shape index (κ2) is 7.95. The van der Waals surface area contributed by atoms with Crippen molar-refractivity contribution in [2.45, 2.75) is 6.92 Å². The Morgan fingerprint density at radius 1 is 1.00 bits per heavy atom. The van der Waals surface area contributed by atoms with Gasteiger partial charge in [0, 0.05) is 21.8 Å². The number of thioether (sulfide) groups is 1. The molecule has 1 aromatic heterocycles. The number of halogens is 1. The van der Waals surface area contributed by atoms with Gasteiger partial charge in [0.25, 0.3) is 5.91 Å². The highest BCUT2D eigenvalue weighted by atomic mass is 35.5. The van der Waals surface area contributed by atoms with Gasteiger partial charge in [-0.2, -0.15) is 0 Å². The molecule has 1 amide bonds. The van der Waals surface area contributed by atoms with Gasteiger partial charge in [0.1, 0.15) is 0 Å². The summed E-state index contributed by atoms with van der Waals surface area (Å²) >= 11 is 8.98. The van der Waals surface area contributed by atoms with Gasteiger partial charge in [0.2, 0.25) is 0 Å². The lowest BCUT2D eigenvalue weighted by atomic mass is 10.1. The highest BCUT2D eigenvalue weighted by Crippen LogP contribution is 2.36.